The monoisotopic (exact) mass is 363 g/mol. The lowest BCUT2D eigenvalue weighted by Gasteiger charge is -2.10. The standard InChI is InChI=1S/C14H11BrClN5/c1-8-6-9(15)2-5-13(8)21-14(18-19-20-21)11-7-10(16)3-4-12(11)17/h2-7H,17H2,1H3. The van der Waals surface area contributed by atoms with Crippen LogP contribution in [-0.4, -0.2) is 20.2 Å². The number of rotatable bonds is 2. The molecule has 0 fully saturated rings. The molecule has 0 bridgehead atoms. The van der Waals surface area contributed by atoms with Crippen molar-refractivity contribution in [2.75, 3.05) is 5.73 Å². The maximum atomic E-state index is 6.04. The van der Waals surface area contributed by atoms with Gasteiger partial charge in [-0.25, -0.2) is 0 Å². The van der Waals surface area contributed by atoms with Crippen LogP contribution in [0, 0.1) is 6.92 Å². The van der Waals surface area contributed by atoms with Gasteiger partial charge in [0.05, 0.1) is 5.69 Å². The van der Waals surface area contributed by atoms with Gasteiger partial charge in [0.25, 0.3) is 0 Å². The second-order valence-electron chi connectivity index (χ2n) is 4.58. The Balaban J connectivity index is 2.19. The highest BCUT2D eigenvalue weighted by Crippen LogP contribution is 2.29. The minimum Gasteiger partial charge on any atom is -0.398 e. The minimum atomic E-state index is 0.556. The Morgan fingerprint density at radius 1 is 1.19 bits per heavy atom. The van der Waals surface area contributed by atoms with E-state index in [4.69, 9.17) is 17.3 Å². The van der Waals surface area contributed by atoms with Crippen molar-refractivity contribution >= 4 is 33.2 Å². The summed E-state index contributed by atoms with van der Waals surface area (Å²) >= 11 is 9.49. The molecule has 5 nitrogen and oxygen atoms in total. The number of nitrogen functional groups attached to an aromatic ring is 1. The molecule has 2 N–H and O–H groups in total. The van der Waals surface area contributed by atoms with E-state index in [1.807, 2.05) is 25.1 Å². The van der Waals surface area contributed by atoms with Gasteiger partial charge < -0.3 is 5.73 Å². The number of nitrogens with two attached hydrogens (primary N) is 1. The van der Waals surface area contributed by atoms with Crippen LogP contribution in [0.2, 0.25) is 5.02 Å². The maximum absolute atomic E-state index is 6.04. The molecule has 0 spiro atoms. The molecule has 0 aliphatic heterocycles. The molecular formula is C14H11BrClN5. The Morgan fingerprint density at radius 3 is 2.76 bits per heavy atom. The minimum absolute atomic E-state index is 0.556. The zero-order valence-electron chi connectivity index (χ0n) is 11.1. The number of tetrazole rings is 1. The van der Waals surface area contributed by atoms with Gasteiger partial charge >= 0.3 is 0 Å². The van der Waals surface area contributed by atoms with E-state index in [0.29, 0.717) is 22.1 Å². The fourth-order valence-electron chi connectivity index (χ4n) is 2.10. The zero-order valence-corrected chi connectivity index (χ0v) is 13.4. The van der Waals surface area contributed by atoms with E-state index in [9.17, 15) is 0 Å². The molecule has 0 aliphatic carbocycles. The van der Waals surface area contributed by atoms with Crippen LogP contribution >= 0.6 is 27.5 Å². The second-order valence-corrected chi connectivity index (χ2v) is 5.93. The molecule has 0 aliphatic rings. The summed E-state index contributed by atoms with van der Waals surface area (Å²) in [5, 5.41) is 12.5. The third-order valence-electron chi connectivity index (χ3n) is 3.11. The van der Waals surface area contributed by atoms with Gasteiger partial charge in [-0.2, -0.15) is 4.68 Å². The van der Waals surface area contributed by atoms with Crippen LogP contribution in [0.1, 0.15) is 5.56 Å². The summed E-state index contributed by atoms with van der Waals surface area (Å²) in [5.74, 6) is 0.556. The third-order valence-corrected chi connectivity index (χ3v) is 3.84. The van der Waals surface area contributed by atoms with E-state index in [0.717, 1.165) is 15.7 Å². The van der Waals surface area contributed by atoms with Gasteiger partial charge in [0.2, 0.25) is 0 Å². The lowest BCUT2D eigenvalue weighted by atomic mass is 10.1. The summed E-state index contributed by atoms with van der Waals surface area (Å²) in [7, 11) is 0. The summed E-state index contributed by atoms with van der Waals surface area (Å²) in [6, 6.07) is 11.1. The average Bonchev–Trinajstić information content (AvgIpc) is 2.90. The molecule has 21 heavy (non-hydrogen) atoms. The predicted octanol–water partition coefficient (Wildman–Crippen LogP) is 3.64. The molecule has 106 valence electrons. The lowest BCUT2D eigenvalue weighted by molar-refractivity contribution is 0.787. The van der Waals surface area contributed by atoms with Crippen LogP contribution in [0.15, 0.2) is 40.9 Å². The highest BCUT2D eigenvalue weighted by molar-refractivity contribution is 9.10. The normalized spacial score (nSPS) is 10.8. The van der Waals surface area contributed by atoms with Gasteiger partial charge in [-0.05, 0) is 59.3 Å². The van der Waals surface area contributed by atoms with Crippen molar-refractivity contribution < 1.29 is 0 Å². The molecule has 3 rings (SSSR count). The van der Waals surface area contributed by atoms with Crippen molar-refractivity contribution in [2.24, 2.45) is 0 Å². The Hall–Kier alpha value is -1.92. The van der Waals surface area contributed by atoms with E-state index in [1.54, 1.807) is 22.9 Å². The Kier molecular flexibility index (Phi) is 3.65. The first-order valence-electron chi connectivity index (χ1n) is 6.16. The van der Waals surface area contributed by atoms with Crippen molar-refractivity contribution in [3.8, 4) is 17.1 Å². The van der Waals surface area contributed by atoms with Gasteiger partial charge in [-0.15, -0.1) is 5.10 Å². The molecular weight excluding hydrogens is 354 g/mol. The predicted molar refractivity (Wildman–Crippen MR) is 86.4 cm³/mol. The van der Waals surface area contributed by atoms with Gasteiger partial charge in [-0.1, -0.05) is 27.5 Å². The average molecular weight is 365 g/mol. The molecule has 0 saturated carbocycles. The number of benzene rings is 2. The molecule has 1 aromatic heterocycles. The highest BCUT2D eigenvalue weighted by Gasteiger charge is 2.15. The largest absolute Gasteiger partial charge is 0.398 e. The van der Waals surface area contributed by atoms with E-state index >= 15 is 0 Å². The first-order chi connectivity index (χ1) is 10.1. The molecule has 0 saturated heterocycles. The topological polar surface area (TPSA) is 69.6 Å². The van der Waals surface area contributed by atoms with Crippen LogP contribution in [-0.2, 0) is 0 Å². The molecule has 2 aromatic carbocycles. The van der Waals surface area contributed by atoms with Gasteiger partial charge in [0, 0.05) is 20.7 Å². The van der Waals surface area contributed by atoms with Crippen molar-refractivity contribution in [2.45, 2.75) is 6.92 Å². The SMILES string of the molecule is Cc1cc(Br)ccc1-n1nnnc1-c1cc(Cl)ccc1N. The molecule has 7 heteroatoms. The van der Waals surface area contributed by atoms with Crippen LogP contribution in [0.5, 0.6) is 0 Å². The maximum Gasteiger partial charge on any atom is 0.189 e. The first kappa shape index (κ1) is 14.0. The van der Waals surface area contributed by atoms with Crippen molar-refractivity contribution in [3.05, 3.63) is 51.5 Å². The van der Waals surface area contributed by atoms with Crippen molar-refractivity contribution in [3.63, 3.8) is 0 Å². The molecule has 1 heterocycles. The van der Waals surface area contributed by atoms with Gasteiger partial charge in [0.15, 0.2) is 5.82 Å². The van der Waals surface area contributed by atoms with E-state index in [-0.39, 0.29) is 0 Å². The van der Waals surface area contributed by atoms with Crippen molar-refractivity contribution in [1.29, 1.82) is 0 Å². The fraction of sp³-hybridized carbons (Fsp3) is 0.0714. The second kappa shape index (κ2) is 5.46. The lowest BCUT2D eigenvalue weighted by Crippen LogP contribution is -2.03. The zero-order chi connectivity index (χ0) is 15.0. The summed E-state index contributed by atoms with van der Waals surface area (Å²) in [4.78, 5) is 0. The highest BCUT2D eigenvalue weighted by atomic mass is 79.9. The van der Waals surface area contributed by atoms with Gasteiger partial charge in [-0.3, -0.25) is 0 Å². The molecule has 0 amide bonds. The molecule has 0 radical (unpaired) electrons. The van der Waals surface area contributed by atoms with E-state index < -0.39 is 0 Å². The summed E-state index contributed by atoms with van der Waals surface area (Å²) < 4.78 is 2.66. The fourth-order valence-corrected chi connectivity index (χ4v) is 2.74. The van der Waals surface area contributed by atoms with Crippen LogP contribution in [0.4, 0.5) is 5.69 Å². The van der Waals surface area contributed by atoms with Crippen molar-refractivity contribution in [1.82, 2.24) is 20.2 Å². The quantitative estimate of drug-likeness (QED) is 0.705. The molecule has 3 aromatic rings. The Labute approximate surface area is 134 Å². The number of hydrogen-bond acceptors (Lipinski definition) is 4. The summed E-state index contributed by atoms with van der Waals surface area (Å²) in [5.41, 5.74) is 9.22. The number of aromatic nitrogens is 4. The molecule has 0 atom stereocenters. The van der Waals surface area contributed by atoms with E-state index in [2.05, 4.69) is 31.5 Å². The molecule has 0 unspecified atom stereocenters. The smallest absolute Gasteiger partial charge is 0.189 e. The van der Waals surface area contributed by atoms with Crippen LogP contribution in [0.25, 0.3) is 17.1 Å². The Morgan fingerprint density at radius 2 is 2.00 bits per heavy atom. The Bertz CT molecular complexity index is 815. The number of anilines is 1. The summed E-state index contributed by atoms with van der Waals surface area (Å²) in [6.45, 7) is 1.99. The number of hydrogen-bond donors (Lipinski definition) is 1. The van der Waals surface area contributed by atoms with Gasteiger partial charge in [0.1, 0.15) is 0 Å². The number of halogens is 2. The number of nitrogens with zero attached hydrogens (tertiary/aromatic N) is 4. The van der Waals surface area contributed by atoms with E-state index in [1.165, 1.54) is 0 Å². The first-order valence-corrected chi connectivity index (χ1v) is 7.33. The van der Waals surface area contributed by atoms with Crippen LogP contribution in [0.3, 0.4) is 0 Å². The third kappa shape index (κ3) is 2.64. The van der Waals surface area contributed by atoms with Crippen LogP contribution < -0.4 is 5.73 Å². The number of aryl methyl sites for hydroxylation is 1. The summed E-state index contributed by atoms with van der Waals surface area (Å²) in [6.07, 6.45) is 0.